The van der Waals surface area contributed by atoms with Gasteiger partial charge in [0.15, 0.2) is 5.69 Å². The number of aromatic nitrogens is 1. The largest absolute Gasteiger partial charge is 0.497 e. The van der Waals surface area contributed by atoms with Gasteiger partial charge < -0.3 is 39.2 Å². The van der Waals surface area contributed by atoms with Crippen LogP contribution < -0.4 is 20.1 Å². The summed E-state index contributed by atoms with van der Waals surface area (Å²) >= 11 is 0. The van der Waals surface area contributed by atoms with Crippen LogP contribution in [0.4, 0.5) is 4.79 Å². The van der Waals surface area contributed by atoms with Crippen LogP contribution in [-0.2, 0) is 28.6 Å². The first-order valence-electron chi connectivity index (χ1n) is 16.9. The Balaban J connectivity index is 1.71. The molecule has 0 unspecified atom stereocenters. The third kappa shape index (κ3) is 10.1. The second-order valence-corrected chi connectivity index (χ2v) is 13.3. The van der Waals surface area contributed by atoms with Crippen molar-refractivity contribution in [2.75, 3.05) is 27.9 Å². The molecule has 1 fully saturated rings. The Hall–Kier alpha value is -4.88. The predicted molar refractivity (Wildman–Crippen MR) is 183 cm³/mol. The van der Waals surface area contributed by atoms with Crippen molar-refractivity contribution in [1.82, 2.24) is 20.5 Å². The van der Waals surface area contributed by atoms with E-state index in [1.165, 1.54) is 32.3 Å². The Morgan fingerprint density at radius 3 is 2.42 bits per heavy atom. The van der Waals surface area contributed by atoms with Crippen molar-refractivity contribution < 1.29 is 47.7 Å². The average Bonchev–Trinajstić information content (AvgIpc) is 3.50. The number of alkyl carbamates (subject to hydrolysis) is 1. The van der Waals surface area contributed by atoms with Crippen LogP contribution in [0.2, 0.25) is 0 Å². The molecule has 14 nitrogen and oxygen atoms in total. The van der Waals surface area contributed by atoms with Gasteiger partial charge >= 0.3 is 18.0 Å². The molecule has 1 aromatic carbocycles. The molecule has 0 bridgehead atoms. The first kappa shape index (κ1) is 37.9. The summed E-state index contributed by atoms with van der Waals surface area (Å²) in [5.41, 5.74) is -0.385. The van der Waals surface area contributed by atoms with Crippen molar-refractivity contribution in [3.8, 4) is 11.5 Å². The van der Waals surface area contributed by atoms with Crippen molar-refractivity contribution >= 4 is 40.7 Å². The zero-order chi connectivity index (χ0) is 36.4. The quantitative estimate of drug-likeness (QED) is 0.252. The summed E-state index contributed by atoms with van der Waals surface area (Å²) in [6.07, 6.45) is 6.92. The lowest BCUT2D eigenvalue weighted by molar-refractivity contribution is -0.146. The molecule has 0 aliphatic carbocycles. The van der Waals surface area contributed by atoms with Crippen molar-refractivity contribution in [2.24, 2.45) is 0 Å². The summed E-state index contributed by atoms with van der Waals surface area (Å²) < 4.78 is 27.2. The topological polar surface area (TPSA) is 172 Å². The number of hydrogen-bond acceptors (Lipinski definition) is 11. The molecule has 2 N–H and O–H groups in total. The molecule has 3 heterocycles. The lowest BCUT2D eigenvalue weighted by atomic mass is 10.0. The second kappa shape index (κ2) is 17.2. The number of rotatable bonds is 6. The molecule has 2 aliphatic rings. The summed E-state index contributed by atoms with van der Waals surface area (Å²) in [7, 11) is 4.01. The van der Waals surface area contributed by atoms with Crippen LogP contribution in [0.25, 0.3) is 10.9 Å². The SMILES string of the molecule is COC(=O)c1cc(O[C@@H]2C[C@H]3C(=O)N[C@H](C(=O)OC)CCC=CCCCCC[C@H](NC(=O)OC(C)(C)C)C(=O)N3C2)c2ccc(OC)cc2n1. The fourth-order valence-corrected chi connectivity index (χ4v) is 6.02. The number of hydrogen-bond donors (Lipinski definition) is 2. The van der Waals surface area contributed by atoms with E-state index in [-0.39, 0.29) is 24.4 Å². The summed E-state index contributed by atoms with van der Waals surface area (Å²) in [6.45, 7) is 5.16. The lowest BCUT2D eigenvalue weighted by Gasteiger charge is -2.30. The van der Waals surface area contributed by atoms with Crippen LogP contribution in [0.5, 0.6) is 11.5 Å². The van der Waals surface area contributed by atoms with Crippen LogP contribution >= 0.6 is 0 Å². The van der Waals surface area contributed by atoms with Crippen molar-refractivity contribution in [3.63, 3.8) is 0 Å². The highest BCUT2D eigenvalue weighted by molar-refractivity contribution is 5.95. The molecule has 3 amide bonds. The third-order valence-electron chi connectivity index (χ3n) is 8.46. The minimum atomic E-state index is -1.06. The molecule has 0 radical (unpaired) electrons. The number of allylic oxidation sites excluding steroid dienone is 2. The van der Waals surface area contributed by atoms with Crippen LogP contribution in [-0.4, -0.2) is 97.4 Å². The summed E-state index contributed by atoms with van der Waals surface area (Å²) in [4.78, 5) is 72.2. The number of nitrogens with zero attached hydrogens (tertiary/aromatic N) is 2. The van der Waals surface area contributed by atoms with E-state index < -0.39 is 59.7 Å². The number of ether oxygens (including phenoxy) is 5. The molecular weight excluding hydrogens is 648 g/mol. The maximum absolute atomic E-state index is 14.3. The monoisotopic (exact) mass is 696 g/mol. The molecular formula is C36H48N4O10. The maximum atomic E-state index is 14.3. The van der Waals surface area contributed by atoms with E-state index in [0.717, 1.165) is 19.3 Å². The third-order valence-corrected chi connectivity index (χ3v) is 8.46. The van der Waals surface area contributed by atoms with E-state index in [2.05, 4.69) is 15.6 Å². The second-order valence-electron chi connectivity index (χ2n) is 13.3. The predicted octanol–water partition coefficient (Wildman–Crippen LogP) is 4.23. The Morgan fingerprint density at radius 1 is 0.960 bits per heavy atom. The standard InChI is InChI=1S/C36H48N4O10/c1-36(2,3)50-35(45)39-25-14-12-10-8-7-9-11-13-15-26(33(43)47-5)38-31(41)29-19-23(21-40(29)32(25)42)49-30-20-28(34(44)48-6)37-27-18-22(46-4)16-17-24(27)30/h9,11,16-18,20,23,25-26,29H,7-8,10,12-15,19,21H2,1-6H3,(H,38,41)(H,39,45)/t23-,25+,26+,29+/m1/s1. The summed E-state index contributed by atoms with van der Waals surface area (Å²) in [6, 6.07) is 3.58. The molecule has 2 aliphatic heterocycles. The number of fused-ring (bicyclic) bond motifs is 2. The fraction of sp³-hybridized carbons (Fsp3) is 0.556. The fourth-order valence-electron chi connectivity index (χ4n) is 6.02. The highest BCUT2D eigenvalue weighted by Crippen LogP contribution is 2.32. The van der Waals surface area contributed by atoms with Crippen LogP contribution in [0.3, 0.4) is 0 Å². The van der Waals surface area contributed by atoms with Gasteiger partial charge in [-0.15, -0.1) is 0 Å². The van der Waals surface area contributed by atoms with E-state index in [4.69, 9.17) is 23.7 Å². The first-order chi connectivity index (χ1) is 23.8. The van der Waals surface area contributed by atoms with Gasteiger partial charge in [-0.3, -0.25) is 9.59 Å². The van der Waals surface area contributed by atoms with E-state index in [1.54, 1.807) is 39.0 Å². The number of carbonyl (C=O) groups is 5. The molecule has 4 atom stereocenters. The highest BCUT2D eigenvalue weighted by atomic mass is 16.6. The van der Waals surface area contributed by atoms with Gasteiger partial charge in [0.2, 0.25) is 11.8 Å². The molecule has 0 spiro atoms. The number of carbonyl (C=O) groups excluding carboxylic acids is 5. The number of benzene rings is 1. The van der Waals surface area contributed by atoms with Gasteiger partial charge in [0.1, 0.15) is 41.3 Å². The molecule has 0 saturated carbocycles. The summed E-state index contributed by atoms with van der Waals surface area (Å²) in [5, 5.41) is 6.09. The smallest absolute Gasteiger partial charge is 0.408 e. The van der Waals surface area contributed by atoms with Crippen LogP contribution in [0.15, 0.2) is 36.4 Å². The van der Waals surface area contributed by atoms with Crippen molar-refractivity contribution in [2.45, 2.75) is 102 Å². The minimum absolute atomic E-state index is 0.00238. The van der Waals surface area contributed by atoms with Gasteiger partial charge in [0.05, 0.1) is 33.4 Å². The summed E-state index contributed by atoms with van der Waals surface area (Å²) in [5.74, 6) is -1.52. The maximum Gasteiger partial charge on any atom is 0.408 e. The molecule has 2 aromatic rings. The number of esters is 2. The zero-order valence-electron chi connectivity index (χ0n) is 29.6. The molecule has 1 aromatic heterocycles. The van der Waals surface area contributed by atoms with E-state index >= 15 is 0 Å². The number of methoxy groups -OCH3 is 3. The number of pyridine rings is 1. The molecule has 272 valence electrons. The normalized spacial score (nSPS) is 22.2. The Labute approximate surface area is 292 Å². The van der Waals surface area contributed by atoms with Gasteiger partial charge in [0.25, 0.3) is 0 Å². The Morgan fingerprint density at radius 2 is 1.72 bits per heavy atom. The average molecular weight is 697 g/mol. The van der Waals surface area contributed by atoms with Gasteiger partial charge in [-0.05, 0) is 65.0 Å². The van der Waals surface area contributed by atoms with Crippen molar-refractivity contribution in [3.05, 3.63) is 42.1 Å². The van der Waals surface area contributed by atoms with Gasteiger partial charge in [-0.25, -0.2) is 19.4 Å². The van der Waals surface area contributed by atoms with E-state index in [9.17, 15) is 24.0 Å². The zero-order valence-corrected chi connectivity index (χ0v) is 29.6. The van der Waals surface area contributed by atoms with E-state index in [0.29, 0.717) is 42.3 Å². The van der Waals surface area contributed by atoms with Gasteiger partial charge in [-0.1, -0.05) is 25.0 Å². The highest BCUT2D eigenvalue weighted by Gasteiger charge is 2.44. The Bertz CT molecular complexity index is 1590. The van der Waals surface area contributed by atoms with E-state index in [1.807, 2.05) is 12.2 Å². The minimum Gasteiger partial charge on any atom is -0.497 e. The molecule has 4 rings (SSSR count). The number of amides is 3. The van der Waals surface area contributed by atoms with Crippen LogP contribution in [0.1, 0.15) is 82.6 Å². The van der Waals surface area contributed by atoms with Crippen LogP contribution in [0, 0.1) is 0 Å². The van der Waals surface area contributed by atoms with Gasteiger partial charge in [-0.2, -0.15) is 0 Å². The first-order valence-corrected chi connectivity index (χ1v) is 16.9. The lowest BCUT2D eigenvalue weighted by Crippen LogP contribution is -2.55. The molecule has 50 heavy (non-hydrogen) atoms. The van der Waals surface area contributed by atoms with Crippen molar-refractivity contribution in [1.29, 1.82) is 0 Å². The molecule has 1 saturated heterocycles. The number of nitrogens with one attached hydrogen (secondary N) is 2. The van der Waals surface area contributed by atoms with Gasteiger partial charge in [0, 0.05) is 23.9 Å². The Kier molecular flexibility index (Phi) is 13.0. The molecule has 14 heteroatoms.